The van der Waals surface area contributed by atoms with Gasteiger partial charge in [-0.1, -0.05) is 0 Å². The monoisotopic (exact) mass is 195 g/mol. The van der Waals surface area contributed by atoms with Crippen molar-refractivity contribution in [3.63, 3.8) is 0 Å². The Labute approximate surface area is 83.6 Å². The van der Waals surface area contributed by atoms with Gasteiger partial charge in [-0.25, -0.2) is 4.99 Å². The lowest BCUT2D eigenvalue weighted by Gasteiger charge is -2.38. The van der Waals surface area contributed by atoms with Gasteiger partial charge in [0, 0.05) is 12.1 Å². The van der Waals surface area contributed by atoms with Gasteiger partial charge in [-0.05, 0) is 32.0 Å². The summed E-state index contributed by atoms with van der Waals surface area (Å²) in [6.07, 6.45) is 5.58. The fraction of sp³-hybridized carbons (Fsp3) is 0.667. The van der Waals surface area contributed by atoms with Gasteiger partial charge < -0.3 is 16.4 Å². The van der Waals surface area contributed by atoms with Gasteiger partial charge in [-0.15, -0.1) is 0 Å². The zero-order valence-electron chi connectivity index (χ0n) is 8.16. The van der Waals surface area contributed by atoms with E-state index in [-0.39, 0.29) is 0 Å². The molecule has 2 aliphatic rings. The van der Waals surface area contributed by atoms with Gasteiger partial charge in [0.2, 0.25) is 0 Å². The third-order valence-electron chi connectivity index (χ3n) is 2.84. The van der Waals surface area contributed by atoms with Crippen molar-refractivity contribution in [3.8, 4) is 0 Å². The van der Waals surface area contributed by atoms with Crippen molar-refractivity contribution in [2.45, 2.75) is 18.6 Å². The number of amidine groups is 1. The van der Waals surface area contributed by atoms with Crippen LogP contribution in [0.2, 0.25) is 0 Å². The molecule has 1 saturated heterocycles. The number of nitrogens with one attached hydrogen (secondary N) is 2. The summed E-state index contributed by atoms with van der Waals surface area (Å²) in [7, 11) is 0. The van der Waals surface area contributed by atoms with E-state index in [1.54, 1.807) is 12.3 Å². The summed E-state index contributed by atoms with van der Waals surface area (Å²) < 4.78 is 0. The van der Waals surface area contributed by atoms with Crippen molar-refractivity contribution in [2.24, 2.45) is 22.4 Å². The van der Waals surface area contributed by atoms with Crippen LogP contribution in [-0.2, 0) is 0 Å². The van der Waals surface area contributed by atoms with E-state index in [1.807, 2.05) is 0 Å². The van der Waals surface area contributed by atoms with Crippen molar-refractivity contribution in [3.05, 3.63) is 12.3 Å². The predicted octanol–water partition coefficient (Wildman–Crippen LogP) is -0.927. The van der Waals surface area contributed by atoms with Crippen molar-refractivity contribution < 1.29 is 0 Å². The molecule has 0 saturated carbocycles. The second-order valence-corrected chi connectivity index (χ2v) is 3.86. The molecule has 0 aromatic heterocycles. The van der Waals surface area contributed by atoms with E-state index in [2.05, 4.69) is 15.6 Å². The summed E-state index contributed by atoms with van der Waals surface area (Å²) in [5.41, 5.74) is 11.8. The van der Waals surface area contributed by atoms with Crippen LogP contribution < -0.4 is 22.1 Å². The fourth-order valence-electron chi connectivity index (χ4n) is 2.01. The molecule has 5 nitrogen and oxygen atoms in total. The van der Waals surface area contributed by atoms with Crippen LogP contribution in [0.3, 0.4) is 0 Å². The number of piperidine rings is 1. The first kappa shape index (κ1) is 9.48. The highest BCUT2D eigenvalue weighted by Gasteiger charge is 2.35. The molecule has 0 amide bonds. The lowest BCUT2D eigenvalue weighted by atomic mass is 9.90. The largest absolute Gasteiger partial charge is 0.384 e. The maximum absolute atomic E-state index is 6.17. The number of aliphatic imine (C=N–C) groups is 1. The van der Waals surface area contributed by atoms with E-state index in [0.717, 1.165) is 25.9 Å². The molecule has 0 radical (unpaired) electrons. The highest BCUT2D eigenvalue weighted by molar-refractivity contribution is 5.92. The van der Waals surface area contributed by atoms with Crippen LogP contribution in [0.1, 0.15) is 12.8 Å². The van der Waals surface area contributed by atoms with Crippen LogP contribution >= 0.6 is 0 Å². The van der Waals surface area contributed by atoms with Gasteiger partial charge in [-0.3, -0.25) is 5.73 Å². The zero-order chi connectivity index (χ0) is 10.0. The number of nitrogens with zero attached hydrogens (tertiary/aromatic N) is 1. The van der Waals surface area contributed by atoms with Gasteiger partial charge in [-0.2, -0.15) is 0 Å². The van der Waals surface area contributed by atoms with Crippen molar-refractivity contribution in [2.75, 3.05) is 13.1 Å². The molecule has 1 fully saturated rings. The van der Waals surface area contributed by atoms with Gasteiger partial charge in [0.15, 0.2) is 5.79 Å². The van der Waals surface area contributed by atoms with Gasteiger partial charge >= 0.3 is 0 Å². The Morgan fingerprint density at radius 3 is 2.79 bits per heavy atom. The van der Waals surface area contributed by atoms with E-state index in [1.165, 1.54) is 0 Å². The fourth-order valence-corrected chi connectivity index (χ4v) is 2.01. The van der Waals surface area contributed by atoms with Crippen LogP contribution in [-0.4, -0.2) is 24.7 Å². The Kier molecular flexibility index (Phi) is 2.43. The lowest BCUT2D eigenvalue weighted by molar-refractivity contribution is 0.197. The molecular formula is C9H17N5. The quantitative estimate of drug-likeness (QED) is 0.435. The van der Waals surface area contributed by atoms with Gasteiger partial charge in [0.05, 0.1) is 0 Å². The molecule has 0 aromatic rings. The highest BCUT2D eigenvalue weighted by Crippen LogP contribution is 2.24. The van der Waals surface area contributed by atoms with Gasteiger partial charge in [0.25, 0.3) is 0 Å². The molecule has 14 heavy (non-hydrogen) atoms. The summed E-state index contributed by atoms with van der Waals surface area (Å²) in [6, 6.07) is 0. The Morgan fingerprint density at radius 1 is 1.43 bits per heavy atom. The number of rotatable bonds is 1. The van der Waals surface area contributed by atoms with Gasteiger partial charge in [0.1, 0.15) is 5.84 Å². The van der Waals surface area contributed by atoms with E-state index in [0.29, 0.717) is 11.8 Å². The van der Waals surface area contributed by atoms with Crippen LogP contribution in [0.4, 0.5) is 0 Å². The van der Waals surface area contributed by atoms with Crippen molar-refractivity contribution >= 4 is 5.84 Å². The molecule has 2 aliphatic heterocycles. The predicted molar refractivity (Wildman–Crippen MR) is 56.4 cm³/mol. The highest BCUT2D eigenvalue weighted by atomic mass is 15.3. The molecule has 5 heteroatoms. The lowest BCUT2D eigenvalue weighted by Crippen LogP contribution is -2.59. The molecule has 0 spiro atoms. The first-order valence-electron chi connectivity index (χ1n) is 5.00. The average molecular weight is 195 g/mol. The van der Waals surface area contributed by atoms with E-state index in [9.17, 15) is 0 Å². The van der Waals surface area contributed by atoms with Crippen LogP contribution in [0.5, 0.6) is 0 Å². The number of hydrogen-bond acceptors (Lipinski definition) is 5. The Morgan fingerprint density at radius 2 is 2.14 bits per heavy atom. The Hall–Kier alpha value is -1.07. The van der Waals surface area contributed by atoms with E-state index < -0.39 is 5.79 Å². The molecule has 0 aliphatic carbocycles. The SMILES string of the molecule is NC1=NC(N)(C2CCNCC2)NC=C1. The third kappa shape index (κ3) is 1.73. The minimum Gasteiger partial charge on any atom is -0.384 e. The minimum atomic E-state index is -0.694. The molecule has 0 bridgehead atoms. The number of hydrogen-bond donors (Lipinski definition) is 4. The molecular weight excluding hydrogens is 178 g/mol. The molecule has 2 rings (SSSR count). The molecule has 1 unspecified atom stereocenters. The summed E-state index contributed by atoms with van der Waals surface area (Å²) >= 11 is 0. The number of nitrogens with two attached hydrogens (primary N) is 2. The first-order valence-corrected chi connectivity index (χ1v) is 5.00. The van der Waals surface area contributed by atoms with Crippen LogP contribution in [0.25, 0.3) is 0 Å². The molecule has 1 atom stereocenters. The van der Waals surface area contributed by atoms with Crippen LogP contribution in [0, 0.1) is 5.92 Å². The molecule has 0 aromatic carbocycles. The molecule has 6 N–H and O–H groups in total. The molecule has 78 valence electrons. The smallest absolute Gasteiger partial charge is 0.187 e. The summed E-state index contributed by atoms with van der Waals surface area (Å²) in [5, 5.41) is 6.40. The second-order valence-electron chi connectivity index (χ2n) is 3.86. The summed E-state index contributed by atoms with van der Waals surface area (Å²) in [6.45, 7) is 2.01. The van der Waals surface area contributed by atoms with E-state index in [4.69, 9.17) is 11.5 Å². The normalized spacial score (nSPS) is 33.6. The van der Waals surface area contributed by atoms with Crippen molar-refractivity contribution in [1.82, 2.24) is 10.6 Å². The minimum absolute atomic E-state index is 0.354. The average Bonchev–Trinajstić information content (AvgIpc) is 2.19. The maximum atomic E-state index is 6.17. The molecule has 2 heterocycles. The zero-order valence-corrected chi connectivity index (χ0v) is 8.16. The van der Waals surface area contributed by atoms with E-state index >= 15 is 0 Å². The van der Waals surface area contributed by atoms with Crippen LogP contribution in [0.15, 0.2) is 17.3 Å². The summed E-state index contributed by atoms with van der Waals surface area (Å²) in [4.78, 5) is 4.28. The summed E-state index contributed by atoms with van der Waals surface area (Å²) in [5.74, 6) is 0.165. The standard InChI is InChI=1S/C9H17N5/c10-8-3-6-13-9(11,14-8)7-1-4-12-5-2-7/h3,6-7,12-13H,1-2,4-5,11H2,(H2,10,14). The Balaban J connectivity index is 2.11. The second kappa shape index (κ2) is 3.59. The first-order chi connectivity index (χ1) is 6.71. The topological polar surface area (TPSA) is 88.5 Å². The van der Waals surface area contributed by atoms with Crippen molar-refractivity contribution in [1.29, 1.82) is 0 Å². The maximum Gasteiger partial charge on any atom is 0.187 e. The Bertz CT molecular complexity index is 266. The third-order valence-corrected chi connectivity index (χ3v) is 2.84.